The average Bonchev–Trinajstić information content (AvgIpc) is 2.50. The van der Waals surface area contributed by atoms with Crippen molar-refractivity contribution in [3.05, 3.63) is 30.3 Å². The standard InChI is InChI=1S/C18H29NOS/c1-4-19(5-2)13-9-10-16(3)14-17(20)15-21-18-11-7-6-8-12-18/h6-8,11-12,16H,4-5,9-10,13-15H2,1-3H3. The van der Waals surface area contributed by atoms with Gasteiger partial charge in [0.25, 0.3) is 0 Å². The van der Waals surface area contributed by atoms with Crippen molar-refractivity contribution in [2.75, 3.05) is 25.4 Å². The Balaban J connectivity index is 2.15. The van der Waals surface area contributed by atoms with Gasteiger partial charge in [-0.15, -0.1) is 11.8 Å². The van der Waals surface area contributed by atoms with Gasteiger partial charge in [-0.05, 0) is 50.5 Å². The summed E-state index contributed by atoms with van der Waals surface area (Å²) < 4.78 is 0. The summed E-state index contributed by atoms with van der Waals surface area (Å²) in [5, 5.41) is 0. The van der Waals surface area contributed by atoms with Crippen LogP contribution in [0.3, 0.4) is 0 Å². The molecule has 0 spiro atoms. The van der Waals surface area contributed by atoms with Crippen molar-refractivity contribution >= 4 is 17.5 Å². The number of carbonyl (C=O) groups is 1. The van der Waals surface area contributed by atoms with Crippen LogP contribution in [0.1, 0.15) is 40.0 Å². The van der Waals surface area contributed by atoms with Crippen LogP contribution in [0.5, 0.6) is 0 Å². The van der Waals surface area contributed by atoms with Crippen molar-refractivity contribution in [2.24, 2.45) is 5.92 Å². The summed E-state index contributed by atoms with van der Waals surface area (Å²) >= 11 is 1.65. The summed E-state index contributed by atoms with van der Waals surface area (Å²) in [5.41, 5.74) is 0. The van der Waals surface area contributed by atoms with E-state index in [1.54, 1.807) is 11.8 Å². The molecule has 118 valence electrons. The van der Waals surface area contributed by atoms with Crippen LogP contribution < -0.4 is 0 Å². The molecule has 1 aromatic rings. The van der Waals surface area contributed by atoms with Crippen LogP contribution in [-0.2, 0) is 4.79 Å². The van der Waals surface area contributed by atoms with E-state index in [1.165, 1.54) is 11.3 Å². The third-order valence-electron chi connectivity index (χ3n) is 3.78. The fourth-order valence-electron chi connectivity index (χ4n) is 2.43. The Morgan fingerprint density at radius 3 is 2.48 bits per heavy atom. The van der Waals surface area contributed by atoms with Crippen molar-refractivity contribution in [3.63, 3.8) is 0 Å². The number of benzene rings is 1. The highest BCUT2D eigenvalue weighted by Crippen LogP contribution is 2.19. The number of nitrogens with zero attached hydrogens (tertiary/aromatic N) is 1. The van der Waals surface area contributed by atoms with Gasteiger partial charge in [-0.2, -0.15) is 0 Å². The number of Topliss-reactive ketones (excluding diaryl/α,β-unsaturated/α-hetero) is 1. The van der Waals surface area contributed by atoms with Gasteiger partial charge in [0.2, 0.25) is 0 Å². The van der Waals surface area contributed by atoms with Crippen LogP contribution in [0.2, 0.25) is 0 Å². The second-order valence-corrected chi connectivity index (χ2v) is 6.67. The highest BCUT2D eigenvalue weighted by Gasteiger charge is 2.10. The molecule has 0 aliphatic carbocycles. The van der Waals surface area contributed by atoms with Gasteiger partial charge in [-0.1, -0.05) is 39.0 Å². The topological polar surface area (TPSA) is 20.3 Å². The summed E-state index contributed by atoms with van der Waals surface area (Å²) in [6.07, 6.45) is 3.07. The zero-order chi connectivity index (χ0) is 15.5. The first-order valence-corrected chi connectivity index (χ1v) is 9.06. The first-order valence-electron chi connectivity index (χ1n) is 8.07. The molecule has 0 aliphatic rings. The van der Waals surface area contributed by atoms with E-state index in [0.29, 0.717) is 17.5 Å². The summed E-state index contributed by atoms with van der Waals surface area (Å²) in [5.74, 6) is 1.48. The monoisotopic (exact) mass is 307 g/mol. The van der Waals surface area contributed by atoms with Crippen molar-refractivity contribution in [1.82, 2.24) is 4.90 Å². The molecule has 1 rings (SSSR count). The zero-order valence-corrected chi connectivity index (χ0v) is 14.5. The molecule has 0 aliphatic heterocycles. The van der Waals surface area contributed by atoms with Crippen molar-refractivity contribution < 1.29 is 4.79 Å². The molecule has 3 heteroatoms. The number of hydrogen-bond donors (Lipinski definition) is 0. The van der Waals surface area contributed by atoms with E-state index in [2.05, 4.69) is 37.8 Å². The summed E-state index contributed by atoms with van der Waals surface area (Å²) in [6.45, 7) is 10.0. The lowest BCUT2D eigenvalue weighted by Crippen LogP contribution is -2.24. The van der Waals surface area contributed by atoms with Crippen LogP contribution in [0.4, 0.5) is 0 Å². The van der Waals surface area contributed by atoms with Gasteiger partial charge < -0.3 is 4.90 Å². The second-order valence-electron chi connectivity index (χ2n) is 5.62. The van der Waals surface area contributed by atoms with Gasteiger partial charge in [-0.3, -0.25) is 4.79 Å². The number of ketones is 1. The lowest BCUT2D eigenvalue weighted by atomic mass is 9.99. The van der Waals surface area contributed by atoms with Gasteiger partial charge in [0.05, 0.1) is 5.75 Å². The molecule has 0 radical (unpaired) electrons. The fraction of sp³-hybridized carbons (Fsp3) is 0.611. The van der Waals surface area contributed by atoms with Crippen LogP contribution in [0.25, 0.3) is 0 Å². The average molecular weight is 308 g/mol. The smallest absolute Gasteiger partial charge is 0.143 e. The number of thioether (sulfide) groups is 1. The predicted octanol–water partition coefficient (Wildman–Crippen LogP) is 4.50. The Labute approximate surface area is 134 Å². The quantitative estimate of drug-likeness (QED) is 0.562. The molecule has 21 heavy (non-hydrogen) atoms. The third kappa shape index (κ3) is 8.27. The van der Waals surface area contributed by atoms with E-state index in [-0.39, 0.29) is 0 Å². The van der Waals surface area contributed by atoms with Gasteiger partial charge in [0, 0.05) is 11.3 Å². The van der Waals surface area contributed by atoms with Crippen molar-refractivity contribution in [2.45, 2.75) is 44.9 Å². The molecule has 1 atom stereocenters. The number of hydrogen-bond acceptors (Lipinski definition) is 3. The molecule has 0 saturated carbocycles. The number of carbonyl (C=O) groups excluding carboxylic acids is 1. The lowest BCUT2D eigenvalue weighted by molar-refractivity contribution is -0.117. The summed E-state index contributed by atoms with van der Waals surface area (Å²) in [7, 11) is 0. The van der Waals surface area contributed by atoms with E-state index < -0.39 is 0 Å². The van der Waals surface area contributed by atoms with Crippen LogP contribution in [0, 0.1) is 5.92 Å². The normalized spacial score (nSPS) is 12.6. The third-order valence-corrected chi connectivity index (χ3v) is 4.86. The highest BCUT2D eigenvalue weighted by atomic mass is 32.2. The minimum Gasteiger partial charge on any atom is -0.304 e. The number of rotatable bonds is 11. The van der Waals surface area contributed by atoms with E-state index in [1.807, 2.05) is 18.2 Å². The van der Waals surface area contributed by atoms with Gasteiger partial charge in [0.15, 0.2) is 0 Å². The van der Waals surface area contributed by atoms with Crippen molar-refractivity contribution in [1.29, 1.82) is 0 Å². The predicted molar refractivity (Wildman–Crippen MR) is 93.0 cm³/mol. The lowest BCUT2D eigenvalue weighted by Gasteiger charge is -2.19. The molecular formula is C18H29NOS. The maximum atomic E-state index is 12.0. The van der Waals surface area contributed by atoms with E-state index in [9.17, 15) is 4.79 Å². The Hall–Kier alpha value is -0.800. The maximum Gasteiger partial charge on any atom is 0.143 e. The summed E-state index contributed by atoms with van der Waals surface area (Å²) in [4.78, 5) is 15.6. The molecule has 1 aromatic carbocycles. The Bertz CT molecular complexity index is 389. The van der Waals surface area contributed by atoms with Gasteiger partial charge in [-0.25, -0.2) is 0 Å². The van der Waals surface area contributed by atoms with Crippen LogP contribution in [-0.4, -0.2) is 36.1 Å². The molecule has 0 bridgehead atoms. The minimum absolute atomic E-state index is 0.374. The van der Waals surface area contributed by atoms with E-state index in [0.717, 1.165) is 32.5 Å². The summed E-state index contributed by atoms with van der Waals surface area (Å²) in [6, 6.07) is 10.2. The van der Waals surface area contributed by atoms with E-state index in [4.69, 9.17) is 0 Å². The molecule has 0 saturated heterocycles. The molecule has 0 amide bonds. The van der Waals surface area contributed by atoms with E-state index >= 15 is 0 Å². The largest absolute Gasteiger partial charge is 0.304 e. The maximum absolute atomic E-state index is 12.0. The van der Waals surface area contributed by atoms with Crippen LogP contribution >= 0.6 is 11.8 Å². The first-order chi connectivity index (χ1) is 10.2. The van der Waals surface area contributed by atoms with Crippen molar-refractivity contribution in [3.8, 4) is 0 Å². The molecule has 0 heterocycles. The Morgan fingerprint density at radius 2 is 1.86 bits per heavy atom. The fourth-order valence-corrected chi connectivity index (χ4v) is 3.23. The zero-order valence-electron chi connectivity index (χ0n) is 13.7. The molecule has 2 nitrogen and oxygen atoms in total. The Morgan fingerprint density at radius 1 is 1.19 bits per heavy atom. The highest BCUT2D eigenvalue weighted by molar-refractivity contribution is 8.00. The Kier molecular flexibility index (Phi) is 9.44. The first kappa shape index (κ1) is 18.2. The molecule has 0 aromatic heterocycles. The SMILES string of the molecule is CCN(CC)CCCC(C)CC(=O)CSc1ccccc1. The van der Waals surface area contributed by atoms with Gasteiger partial charge >= 0.3 is 0 Å². The minimum atomic E-state index is 0.374. The molecule has 0 fully saturated rings. The van der Waals surface area contributed by atoms with Gasteiger partial charge in [0.1, 0.15) is 5.78 Å². The molecule has 0 N–H and O–H groups in total. The molecule has 1 unspecified atom stereocenters. The van der Waals surface area contributed by atoms with Crippen LogP contribution in [0.15, 0.2) is 35.2 Å². The molecular weight excluding hydrogens is 278 g/mol. The second kappa shape index (κ2) is 10.9.